The molecule has 5 rings (SSSR count). The summed E-state index contributed by atoms with van der Waals surface area (Å²) in [7, 11) is 0. The Balaban J connectivity index is 1.18. The minimum absolute atomic E-state index is 0.248. The molecule has 3 aliphatic rings. The van der Waals surface area contributed by atoms with Crippen LogP contribution >= 0.6 is 0 Å². The van der Waals surface area contributed by atoms with E-state index in [1.807, 2.05) is 12.3 Å². The van der Waals surface area contributed by atoms with E-state index in [9.17, 15) is 0 Å². The Hall–Kier alpha value is -2.35. The molecule has 2 aromatic rings. The van der Waals surface area contributed by atoms with E-state index < -0.39 is 0 Å². The summed E-state index contributed by atoms with van der Waals surface area (Å²) in [4.78, 5) is 7.00. The monoisotopic (exact) mass is 395 g/mol. The lowest BCUT2D eigenvalue weighted by Crippen LogP contribution is -2.30. The first-order valence-electron chi connectivity index (χ1n) is 10.7. The van der Waals surface area contributed by atoms with E-state index in [4.69, 9.17) is 9.47 Å². The molecule has 0 amide bonds. The highest BCUT2D eigenvalue weighted by atomic mass is 16.7. The smallest absolute Gasteiger partial charge is 0.231 e. The van der Waals surface area contributed by atoms with Crippen molar-refractivity contribution in [1.29, 1.82) is 0 Å². The number of piperidine rings is 1. The average molecular weight is 396 g/mol. The molecule has 29 heavy (non-hydrogen) atoms. The maximum absolute atomic E-state index is 5.54. The first-order chi connectivity index (χ1) is 14.4. The molecule has 7 heteroatoms. The van der Waals surface area contributed by atoms with Gasteiger partial charge in [-0.1, -0.05) is 6.07 Å². The van der Waals surface area contributed by atoms with E-state index in [1.54, 1.807) is 0 Å². The van der Waals surface area contributed by atoms with Gasteiger partial charge in [0.05, 0.1) is 6.04 Å². The Labute approximate surface area is 171 Å². The predicted molar refractivity (Wildman–Crippen MR) is 112 cm³/mol. The van der Waals surface area contributed by atoms with Gasteiger partial charge in [0.2, 0.25) is 6.79 Å². The quantitative estimate of drug-likeness (QED) is 0.694. The molecule has 154 valence electrons. The molecule has 0 spiro atoms. The van der Waals surface area contributed by atoms with Crippen LogP contribution in [0.4, 0.5) is 5.82 Å². The molecule has 0 radical (unpaired) electrons. The summed E-state index contributed by atoms with van der Waals surface area (Å²) >= 11 is 0. The maximum atomic E-state index is 5.54. The van der Waals surface area contributed by atoms with Crippen molar-refractivity contribution in [3.05, 3.63) is 47.7 Å². The number of rotatable bonds is 6. The summed E-state index contributed by atoms with van der Waals surface area (Å²) in [5.74, 6) is 3.24. The lowest BCUT2D eigenvalue weighted by atomic mass is 9.94. The fourth-order valence-electron chi connectivity index (χ4n) is 4.46. The Morgan fingerprint density at radius 2 is 1.97 bits per heavy atom. The van der Waals surface area contributed by atoms with Crippen molar-refractivity contribution in [2.45, 2.75) is 31.8 Å². The second kappa shape index (κ2) is 8.57. The molecular formula is C22H29N5O2. The molecule has 2 fully saturated rings. The van der Waals surface area contributed by atoms with Crippen molar-refractivity contribution < 1.29 is 9.47 Å². The second-order valence-corrected chi connectivity index (χ2v) is 8.08. The van der Waals surface area contributed by atoms with E-state index >= 15 is 0 Å². The minimum atomic E-state index is 0.248. The maximum Gasteiger partial charge on any atom is 0.231 e. The number of nitrogens with zero attached hydrogens (tertiary/aromatic N) is 2. The van der Waals surface area contributed by atoms with Gasteiger partial charge in [-0.15, -0.1) is 0 Å². The van der Waals surface area contributed by atoms with Gasteiger partial charge in [0.25, 0.3) is 0 Å². The highest BCUT2D eigenvalue weighted by Gasteiger charge is 2.29. The zero-order valence-electron chi connectivity index (χ0n) is 16.7. The number of benzene rings is 1. The number of ether oxygens (including phenoxy) is 2. The molecule has 3 N–H and O–H groups in total. The van der Waals surface area contributed by atoms with E-state index in [2.05, 4.69) is 50.3 Å². The Morgan fingerprint density at radius 3 is 2.90 bits per heavy atom. The topological polar surface area (TPSA) is 70.7 Å². The van der Waals surface area contributed by atoms with Crippen LogP contribution in [0.25, 0.3) is 0 Å². The van der Waals surface area contributed by atoms with Gasteiger partial charge in [-0.25, -0.2) is 10.4 Å². The van der Waals surface area contributed by atoms with Crippen molar-refractivity contribution in [1.82, 2.24) is 21.2 Å². The fraction of sp³-hybridized carbons (Fsp3) is 0.500. The van der Waals surface area contributed by atoms with Crippen LogP contribution in [-0.4, -0.2) is 38.0 Å². The van der Waals surface area contributed by atoms with E-state index in [0.29, 0.717) is 12.7 Å². The highest BCUT2D eigenvalue weighted by Crippen LogP contribution is 2.36. The number of anilines is 1. The van der Waals surface area contributed by atoms with E-state index in [-0.39, 0.29) is 6.04 Å². The van der Waals surface area contributed by atoms with Crippen LogP contribution in [-0.2, 0) is 6.54 Å². The van der Waals surface area contributed by atoms with Crippen LogP contribution < -0.4 is 30.5 Å². The average Bonchev–Trinajstić information content (AvgIpc) is 3.43. The number of hydrogen-bond acceptors (Lipinski definition) is 7. The number of fused-ring (bicyclic) bond motifs is 1. The molecule has 3 aliphatic heterocycles. The van der Waals surface area contributed by atoms with Crippen LogP contribution in [0, 0.1) is 5.92 Å². The summed E-state index contributed by atoms with van der Waals surface area (Å²) in [6.45, 7) is 5.28. The van der Waals surface area contributed by atoms with Gasteiger partial charge >= 0.3 is 0 Å². The molecular weight excluding hydrogens is 366 g/mol. The minimum Gasteiger partial charge on any atom is -0.454 e. The lowest BCUT2D eigenvalue weighted by molar-refractivity contribution is 0.174. The molecule has 0 aliphatic carbocycles. The number of nitrogens with one attached hydrogen (secondary N) is 3. The van der Waals surface area contributed by atoms with Crippen LogP contribution in [0.5, 0.6) is 11.5 Å². The fourth-order valence-corrected chi connectivity index (χ4v) is 4.46. The van der Waals surface area contributed by atoms with Gasteiger partial charge in [0, 0.05) is 44.8 Å². The van der Waals surface area contributed by atoms with Gasteiger partial charge < -0.3 is 19.7 Å². The molecule has 4 heterocycles. The Morgan fingerprint density at radius 1 is 1.07 bits per heavy atom. The third-order valence-corrected chi connectivity index (χ3v) is 6.07. The number of aromatic nitrogens is 1. The summed E-state index contributed by atoms with van der Waals surface area (Å²) in [6, 6.07) is 10.8. The zero-order chi connectivity index (χ0) is 19.5. The van der Waals surface area contributed by atoms with Crippen molar-refractivity contribution in [3.63, 3.8) is 0 Å². The van der Waals surface area contributed by atoms with Crippen molar-refractivity contribution in [3.8, 4) is 11.5 Å². The third-order valence-electron chi connectivity index (χ3n) is 6.07. The van der Waals surface area contributed by atoms with Crippen LogP contribution in [0.1, 0.15) is 36.4 Å². The summed E-state index contributed by atoms with van der Waals surface area (Å²) in [6.07, 6.45) is 5.82. The van der Waals surface area contributed by atoms with Gasteiger partial charge in [0.15, 0.2) is 11.5 Å². The summed E-state index contributed by atoms with van der Waals surface area (Å²) in [5, 5.41) is 3.64. The highest BCUT2D eigenvalue weighted by molar-refractivity contribution is 5.45. The normalized spacial score (nSPS) is 23.5. The standard InChI is InChI=1S/C22H29N5O2/c1-2-8-27(9-3-1)21-10-16(6-7-24-21)12-23-13-18-14-25-26-22(18)17-4-5-19-20(11-17)29-15-28-19/h4-7,10-11,18,22-23,25-26H,1-3,8-9,12-15H2. The van der Waals surface area contributed by atoms with Crippen LogP contribution in [0.3, 0.4) is 0 Å². The van der Waals surface area contributed by atoms with E-state index in [0.717, 1.165) is 50.0 Å². The molecule has 2 unspecified atom stereocenters. The number of hydrazine groups is 1. The number of pyridine rings is 1. The molecule has 1 aromatic heterocycles. The second-order valence-electron chi connectivity index (χ2n) is 8.08. The van der Waals surface area contributed by atoms with Crippen LogP contribution in [0.15, 0.2) is 36.5 Å². The lowest BCUT2D eigenvalue weighted by Gasteiger charge is -2.28. The number of hydrogen-bond donors (Lipinski definition) is 3. The SMILES string of the molecule is c1cc(CNCC2CNNC2c2ccc3c(c2)OCO3)cc(N2CCCCC2)n1. The predicted octanol–water partition coefficient (Wildman–Crippen LogP) is 2.36. The molecule has 2 saturated heterocycles. The van der Waals surface area contributed by atoms with Gasteiger partial charge in [-0.05, 0) is 54.7 Å². The van der Waals surface area contributed by atoms with E-state index in [1.165, 1.54) is 30.4 Å². The zero-order valence-corrected chi connectivity index (χ0v) is 16.7. The van der Waals surface area contributed by atoms with Gasteiger partial charge in [-0.3, -0.25) is 5.43 Å². The molecule has 7 nitrogen and oxygen atoms in total. The van der Waals surface area contributed by atoms with Crippen molar-refractivity contribution in [2.24, 2.45) is 5.92 Å². The van der Waals surface area contributed by atoms with Crippen molar-refractivity contribution >= 4 is 5.82 Å². The third kappa shape index (κ3) is 4.17. The van der Waals surface area contributed by atoms with Crippen LogP contribution in [0.2, 0.25) is 0 Å². The van der Waals surface area contributed by atoms with Gasteiger partial charge in [-0.2, -0.15) is 0 Å². The first kappa shape index (κ1) is 18.7. The molecule has 0 saturated carbocycles. The molecule has 0 bridgehead atoms. The Bertz CT molecular complexity index is 840. The molecule has 1 aromatic carbocycles. The summed E-state index contributed by atoms with van der Waals surface area (Å²) in [5.41, 5.74) is 9.24. The first-order valence-corrected chi connectivity index (χ1v) is 10.7. The summed E-state index contributed by atoms with van der Waals surface area (Å²) < 4.78 is 11.0. The van der Waals surface area contributed by atoms with Crippen molar-refractivity contribution in [2.75, 3.05) is 37.9 Å². The Kier molecular flexibility index (Phi) is 5.51. The van der Waals surface area contributed by atoms with Gasteiger partial charge in [0.1, 0.15) is 5.82 Å². The largest absolute Gasteiger partial charge is 0.454 e. The molecule has 2 atom stereocenters.